The lowest BCUT2D eigenvalue weighted by Crippen LogP contribution is -2.14. The Morgan fingerprint density at radius 1 is 1.00 bits per heavy atom. The van der Waals surface area contributed by atoms with Crippen LogP contribution in [0.25, 0.3) is 22.2 Å². The van der Waals surface area contributed by atoms with Gasteiger partial charge in [-0.05, 0) is 38.1 Å². The van der Waals surface area contributed by atoms with Crippen LogP contribution in [0.3, 0.4) is 0 Å². The Morgan fingerprint density at radius 2 is 1.77 bits per heavy atom. The van der Waals surface area contributed by atoms with E-state index in [0.717, 1.165) is 34.3 Å². The maximum Gasteiger partial charge on any atom is 0.257 e. The molecule has 1 N–H and O–H groups in total. The number of hydrogen-bond donors (Lipinski definition) is 1. The number of amides is 1. The van der Waals surface area contributed by atoms with Crippen molar-refractivity contribution in [1.82, 2.24) is 24.5 Å². The Morgan fingerprint density at radius 3 is 2.51 bits per heavy atom. The van der Waals surface area contributed by atoms with Crippen molar-refractivity contribution in [3.63, 3.8) is 0 Å². The second kappa shape index (κ2) is 9.52. The van der Waals surface area contributed by atoms with E-state index in [4.69, 9.17) is 28.2 Å². The maximum atomic E-state index is 13.4. The Bertz CT molecular complexity index is 1530. The molecular formula is C26H22Cl2N6O. The van der Waals surface area contributed by atoms with Crippen LogP contribution in [0, 0.1) is 6.92 Å². The largest absolute Gasteiger partial charge is 0.305 e. The zero-order valence-corrected chi connectivity index (χ0v) is 20.7. The van der Waals surface area contributed by atoms with Gasteiger partial charge in [0.1, 0.15) is 0 Å². The fourth-order valence-electron chi connectivity index (χ4n) is 3.98. The fourth-order valence-corrected chi connectivity index (χ4v) is 4.49. The summed E-state index contributed by atoms with van der Waals surface area (Å²) in [6.45, 7) is 5.11. The summed E-state index contributed by atoms with van der Waals surface area (Å²) in [5.41, 5.74) is 4.47. The molecule has 0 aliphatic heterocycles. The number of carbonyl (C=O) groups is 1. The number of carbonyl (C=O) groups excluding carboxylic acids is 1. The van der Waals surface area contributed by atoms with Crippen molar-refractivity contribution in [3.05, 3.63) is 93.9 Å². The van der Waals surface area contributed by atoms with E-state index in [0.29, 0.717) is 33.7 Å². The average Bonchev–Trinajstić information content (AvgIpc) is 3.46. The maximum absolute atomic E-state index is 13.4. The number of rotatable bonds is 6. The minimum atomic E-state index is -0.272. The molecule has 2 aromatic carbocycles. The van der Waals surface area contributed by atoms with Crippen LogP contribution in [0.15, 0.2) is 67.0 Å². The van der Waals surface area contributed by atoms with E-state index in [1.165, 1.54) is 0 Å². The van der Waals surface area contributed by atoms with Crippen molar-refractivity contribution in [1.29, 1.82) is 0 Å². The normalized spacial score (nSPS) is 11.2. The predicted molar refractivity (Wildman–Crippen MR) is 139 cm³/mol. The summed E-state index contributed by atoms with van der Waals surface area (Å²) >= 11 is 12.6. The van der Waals surface area contributed by atoms with Gasteiger partial charge in [0.2, 0.25) is 0 Å². The molecule has 0 radical (unpaired) electrons. The van der Waals surface area contributed by atoms with E-state index >= 15 is 0 Å². The lowest BCUT2D eigenvalue weighted by molar-refractivity contribution is 0.102. The van der Waals surface area contributed by atoms with Gasteiger partial charge in [0, 0.05) is 51.6 Å². The third kappa shape index (κ3) is 4.65. The zero-order chi connectivity index (χ0) is 24.5. The zero-order valence-electron chi connectivity index (χ0n) is 19.2. The smallest absolute Gasteiger partial charge is 0.257 e. The molecule has 0 unspecified atom stereocenters. The lowest BCUT2D eigenvalue weighted by Gasteiger charge is -2.09. The molecule has 5 rings (SSSR count). The molecule has 0 spiro atoms. The molecule has 0 saturated heterocycles. The Balaban J connectivity index is 1.46. The van der Waals surface area contributed by atoms with Crippen LogP contribution in [-0.2, 0) is 13.1 Å². The first-order valence-electron chi connectivity index (χ1n) is 11.1. The van der Waals surface area contributed by atoms with E-state index in [-0.39, 0.29) is 5.91 Å². The Kier molecular flexibility index (Phi) is 6.28. The first kappa shape index (κ1) is 23.1. The van der Waals surface area contributed by atoms with Crippen LogP contribution in [-0.4, -0.2) is 30.5 Å². The quantitative estimate of drug-likeness (QED) is 0.297. The number of fused-ring (bicyclic) bond motifs is 1. The van der Waals surface area contributed by atoms with E-state index < -0.39 is 0 Å². The molecule has 0 aliphatic rings. The van der Waals surface area contributed by atoms with Gasteiger partial charge in [0.05, 0.1) is 29.0 Å². The molecule has 5 aromatic rings. The highest BCUT2D eigenvalue weighted by Gasteiger charge is 2.17. The molecule has 0 fully saturated rings. The summed E-state index contributed by atoms with van der Waals surface area (Å²) < 4.78 is 3.54. The number of para-hydroxylation sites is 1. The van der Waals surface area contributed by atoms with E-state index in [1.54, 1.807) is 35.1 Å². The minimum Gasteiger partial charge on any atom is -0.305 e. The van der Waals surface area contributed by atoms with Crippen LogP contribution in [0.1, 0.15) is 28.5 Å². The molecule has 9 heteroatoms. The highest BCUT2D eigenvalue weighted by Crippen LogP contribution is 2.28. The summed E-state index contributed by atoms with van der Waals surface area (Å²) in [4.78, 5) is 18.2. The number of aryl methyl sites for hydroxylation is 2. The van der Waals surface area contributed by atoms with Crippen molar-refractivity contribution < 1.29 is 4.79 Å². The van der Waals surface area contributed by atoms with Gasteiger partial charge in [-0.2, -0.15) is 10.2 Å². The topological polar surface area (TPSA) is 77.6 Å². The van der Waals surface area contributed by atoms with Gasteiger partial charge < -0.3 is 5.32 Å². The van der Waals surface area contributed by atoms with Crippen LogP contribution in [0.4, 0.5) is 5.82 Å². The molecule has 35 heavy (non-hydrogen) atoms. The first-order valence-corrected chi connectivity index (χ1v) is 11.9. The molecular weight excluding hydrogens is 483 g/mol. The number of halogens is 2. The second-order valence-electron chi connectivity index (χ2n) is 8.11. The summed E-state index contributed by atoms with van der Waals surface area (Å²) in [5, 5.41) is 13.8. The van der Waals surface area contributed by atoms with Crippen molar-refractivity contribution >= 4 is 45.8 Å². The van der Waals surface area contributed by atoms with Crippen molar-refractivity contribution in [2.75, 3.05) is 5.32 Å². The second-order valence-corrected chi connectivity index (χ2v) is 8.92. The number of nitrogens with one attached hydrogen (secondary N) is 1. The number of aromatic nitrogens is 5. The number of pyridine rings is 1. The Labute approximate surface area is 212 Å². The molecule has 1 amide bonds. The number of benzene rings is 2. The number of nitrogens with zero attached hydrogens (tertiary/aromatic N) is 5. The highest BCUT2D eigenvalue weighted by molar-refractivity contribution is 6.36. The number of anilines is 1. The van der Waals surface area contributed by atoms with Gasteiger partial charge >= 0.3 is 0 Å². The third-order valence-electron chi connectivity index (χ3n) is 5.77. The highest BCUT2D eigenvalue weighted by atomic mass is 35.5. The molecule has 0 saturated carbocycles. The SMILES string of the molecule is CCn1cc(-c2cc(C(=O)Nc3ccn(Cc4c(Cl)cccc4Cl)n3)c3ccccc3n2)c(C)n1. The molecule has 0 bridgehead atoms. The van der Waals surface area contributed by atoms with Crippen molar-refractivity contribution in [2.45, 2.75) is 26.9 Å². The van der Waals surface area contributed by atoms with Gasteiger partial charge in [-0.25, -0.2) is 4.98 Å². The molecule has 3 heterocycles. The summed E-state index contributed by atoms with van der Waals surface area (Å²) in [6.07, 6.45) is 3.73. The number of hydrogen-bond acceptors (Lipinski definition) is 4. The monoisotopic (exact) mass is 504 g/mol. The molecule has 0 atom stereocenters. The van der Waals surface area contributed by atoms with Gasteiger partial charge in [-0.1, -0.05) is 47.5 Å². The van der Waals surface area contributed by atoms with Gasteiger partial charge in [0.15, 0.2) is 5.82 Å². The van der Waals surface area contributed by atoms with E-state index in [1.807, 2.05) is 55.1 Å². The summed E-state index contributed by atoms with van der Waals surface area (Å²) in [5.74, 6) is 0.155. The van der Waals surface area contributed by atoms with Gasteiger partial charge in [-0.3, -0.25) is 14.2 Å². The fraction of sp³-hybridized carbons (Fsp3) is 0.154. The van der Waals surface area contributed by atoms with Crippen LogP contribution in [0.5, 0.6) is 0 Å². The van der Waals surface area contributed by atoms with Gasteiger partial charge in [-0.15, -0.1) is 0 Å². The lowest BCUT2D eigenvalue weighted by atomic mass is 10.0. The molecule has 3 aromatic heterocycles. The molecule has 0 aliphatic carbocycles. The van der Waals surface area contributed by atoms with E-state index in [2.05, 4.69) is 15.5 Å². The van der Waals surface area contributed by atoms with E-state index in [9.17, 15) is 4.79 Å². The van der Waals surface area contributed by atoms with Crippen LogP contribution < -0.4 is 5.32 Å². The average molecular weight is 505 g/mol. The minimum absolute atomic E-state index is 0.272. The molecule has 7 nitrogen and oxygen atoms in total. The van der Waals surface area contributed by atoms with Crippen LogP contribution >= 0.6 is 23.2 Å². The first-order chi connectivity index (χ1) is 16.9. The van der Waals surface area contributed by atoms with Crippen molar-refractivity contribution in [2.24, 2.45) is 0 Å². The summed E-state index contributed by atoms with van der Waals surface area (Å²) in [7, 11) is 0. The summed E-state index contributed by atoms with van der Waals surface area (Å²) in [6, 6.07) is 16.5. The standard InChI is InChI=1S/C26H22Cl2N6O/c1-3-33-14-19(16(2)31-33)24-13-18(17-7-4-5-10-23(17)29-24)26(35)30-25-11-12-34(32-25)15-20-21(27)8-6-9-22(20)28/h4-14H,3,15H2,1-2H3,(H,30,32,35). The Hall–Kier alpha value is -3.68. The third-order valence-corrected chi connectivity index (χ3v) is 6.48. The van der Waals surface area contributed by atoms with Gasteiger partial charge in [0.25, 0.3) is 5.91 Å². The predicted octanol–water partition coefficient (Wildman–Crippen LogP) is 6.23. The van der Waals surface area contributed by atoms with Crippen LogP contribution in [0.2, 0.25) is 10.0 Å². The van der Waals surface area contributed by atoms with Crippen molar-refractivity contribution in [3.8, 4) is 11.3 Å². The molecule has 176 valence electrons.